The first-order valence-electron chi connectivity index (χ1n) is 9.08. The monoisotopic (exact) mass is 370 g/mol. The van der Waals surface area contributed by atoms with Gasteiger partial charge in [-0.05, 0) is 12.1 Å². The highest BCUT2D eigenvalue weighted by Crippen LogP contribution is 2.20. The molecule has 0 aliphatic carbocycles. The van der Waals surface area contributed by atoms with E-state index in [2.05, 4.69) is 19.8 Å². The van der Waals surface area contributed by atoms with E-state index in [4.69, 9.17) is 4.42 Å². The fourth-order valence-electron chi connectivity index (χ4n) is 3.43. The molecule has 0 saturated carbocycles. The summed E-state index contributed by atoms with van der Waals surface area (Å²) in [7, 11) is 0. The molecule has 2 fully saturated rings. The molecule has 9 nitrogen and oxygen atoms in total. The Morgan fingerprint density at radius 3 is 2.15 bits per heavy atom. The number of hydrogen-bond acceptors (Lipinski definition) is 7. The molecule has 2 aromatic rings. The van der Waals surface area contributed by atoms with Crippen LogP contribution in [-0.4, -0.2) is 84.4 Å². The highest BCUT2D eigenvalue weighted by molar-refractivity contribution is 5.91. The maximum absolute atomic E-state index is 12.4. The fourth-order valence-corrected chi connectivity index (χ4v) is 3.43. The summed E-state index contributed by atoms with van der Waals surface area (Å²) >= 11 is 0. The number of carbonyl (C=O) groups excluding carboxylic acids is 2. The van der Waals surface area contributed by atoms with Crippen LogP contribution in [0.1, 0.15) is 10.6 Å². The minimum atomic E-state index is -0.0731. The van der Waals surface area contributed by atoms with Gasteiger partial charge in [-0.1, -0.05) is 0 Å². The SMILES string of the molecule is O=CN1CCN(c2cc(N3CCN(C(=O)c4ccco4)CC3)ncn2)CC1. The smallest absolute Gasteiger partial charge is 0.289 e. The number of rotatable bonds is 4. The van der Waals surface area contributed by atoms with E-state index in [0.29, 0.717) is 45.0 Å². The Hall–Kier alpha value is -3.10. The first kappa shape index (κ1) is 17.3. The van der Waals surface area contributed by atoms with Crippen molar-refractivity contribution in [2.24, 2.45) is 0 Å². The van der Waals surface area contributed by atoms with Crippen LogP contribution in [0.4, 0.5) is 11.6 Å². The van der Waals surface area contributed by atoms with Crippen molar-refractivity contribution in [1.29, 1.82) is 0 Å². The van der Waals surface area contributed by atoms with E-state index in [0.717, 1.165) is 31.1 Å². The number of amides is 2. The van der Waals surface area contributed by atoms with Crippen molar-refractivity contribution in [2.75, 3.05) is 62.2 Å². The summed E-state index contributed by atoms with van der Waals surface area (Å²) in [5.74, 6) is 2.04. The minimum Gasteiger partial charge on any atom is -0.459 e. The van der Waals surface area contributed by atoms with Gasteiger partial charge in [0.05, 0.1) is 6.26 Å². The summed E-state index contributed by atoms with van der Waals surface area (Å²) in [6.45, 7) is 5.60. The second kappa shape index (κ2) is 7.65. The third-order valence-corrected chi connectivity index (χ3v) is 5.05. The van der Waals surface area contributed by atoms with Crippen molar-refractivity contribution in [3.05, 3.63) is 36.5 Å². The maximum atomic E-state index is 12.4. The molecule has 0 spiro atoms. The van der Waals surface area contributed by atoms with E-state index in [1.165, 1.54) is 6.26 Å². The van der Waals surface area contributed by atoms with Gasteiger partial charge in [-0.3, -0.25) is 9.59 Å². The molecular weight excluding hydrogens is 348 g/mol. The molecule has 2 aromatic heterocycles. The molecular formula is C18H22N6O3. The van der Waals surface area contributed by atoms with Crippen LogP contribution in [0.25, 0.3) is 0 Å². The molecule has 0 N–H and O–H groups in total. The third kappa shape index (κ3) is 3.71. The quantitative estimate of drug-likeness (QED) is 0.716. The molecule has 0 aromatic carbocycles. The van der Waals surface area contributed by atoms with Crippen LogP contribution in [0.3, 0.4) is 0 Å². The predicted molar refractivity (Wildman–Crippen MR) is 98.7 cm³/mol. The van der Waals surface area contributed by atoms with Gasteiger partial charge < -0.3 is 24.0 Å². The molecule has 27 heavy (non-hydrogen) atoms. The van der Waals surface area contributed by atoms with Crippen LogP contribution in [0.2, 0.25) is 0 Å². The zero-order chi connectivity index (χ0) is 18.6. The summed E-state index contributed by atoms with van der Waals surface area (Å²) in [5, 5.41) is 0. The van der Waals surface area contributed by atoms with Gasteiger partial charge in [0, 0.05) is 58.4 Å². The van der Waals surface area contributed by atoms with Crippen molar-refractivity contribution in [2.45, 2.75) is 0 Å². The Labute approximate surface area is 157 Å². The van der Waals surface area contributed by atoms with Crippen LogP contribution >= 0.6 is 0 Å². The number of anilines is 2. The Morgan fingerprint density at radius 1 is 0.963 bits per heavy atom. The van der Waals surface area contributed by atoms with E-state index in [9.17, 15) is 9.59 Å². The molecule has 2 aliphatic rings. The first-order valence-corrected chi connectivity index (χ1v) is 9.08. The van der Waals surface area contributed by atoms with Gasteiger partial charge in [0.1, 0.15) is 18.0 Å². The molecule has 142 valence electrons. The van der Waals surface area contributed by atoms with Crippen molar-refractivity contribution in [3.63, 3.8) is 0 Å². The normalized spacial score (nSPS) is 17.9. The van der Waals surface area contributed by atoms with Gasteiger partial charge in [-0.15, -0.1) is 0 Å². The molecule has 0 unspecified atom stereocenters. The van der Waals surface area contributed by atoms with Crippen molar-refractivity contribution in [3.8, 4) is 0 Å². The zero-order valence-corrected chi connectivity index (χ0v) is 15.0. The zero-order valence-electron chi connectivity index (χ0n) is 15.0. The number of hydrogen-bond donors (Lipinski definition) is 0. The fraction of sp³-hybridized carbons (Fsp3) is 0.444. The summed E-state index contributed by atoms with van der Waals surface area (Å²) in [6, 6.07) is 5.40. The highest BCUT2D eigenvalue weighted by Gasteiger charge is 2.25. The van der Waals surface area contributed by atoms with Crippen molar-refractivity contribution < 1.29 is 14.0 Å². The van der Waals surface area contributed by atoms with E-state index in [-0.39, 0.29) is 5.91 Å². The molecule has 2 saturated heterocycles. The molecule has 4 rings (SSSR count). The summed E-state index contributed by atoms with van der Waals surface area (Å²) in [4.78, 5) is 39.9. The van der Waals surface area contributed by atoms with E-state index < -0.39 is 0 Å². The number of carbonyl (C=O) groups is 2. The number of piperazine rings is 2. The molecule has 2 aliphatic heterocycles. The Kier molecular flexibility index (Phi) is 4.91. The lowest BCUT2D eigenvalue weighted by Gasteiger charge is -2.36. The number of aromatic nitrogens is 2. The Balaban J connectivity index is 1.37. The number of furan rings is 1. The van der Waals surface area contributed by atoms with Gasteiger partial charge in [0.15, 0.2) is 5.76 Å². The molecule has 2 amide bonds. The lowest BCUT2D eigenvalue weighted by Crippen LogP contribution is -2.49. The summed E-state index contributed by atoms with van der Waals surface area (Å²) in [6.07, 6.45) is 3.99. The van der Waals surface area contributed by atoms with E-state index >= 15 is 0 Å². The van der Waals surface area contributed by atoms with Gasteiger partial charge in [0.2, 0.25) is 6.41 Å². The molecule has 0 atom stereocenters. The van der Waals surface area contributed by atoms with Crippen LogP contribution in [0.15, 0.2) is 35.2 Å². The van der Waals surface area contributed by atoms with E-state index in [1.54, 1.807) is 28.3 Å². The van der Waals surface area contributed by atoms with Crippen molar-refractivity contribution >= 4 is 24.0 Å². The van der Waals surface area contributed by atoms with Gasteiger partial charge in [-0.2, -0.15) is 0 Å². The van der Waals surface area contributed by atoms with Gasteiger partial charge >= 0.3 is 0 Å². The lowest BCUT2D eigenvalue weighted by atomic mass is 10.2. The predicted octanol–water partition coefficient (Wildman–Crippen LogP) is 0.310. The largest absolute Gasteiger partial charge is 0.459 e. The highest BCUT2D eigenvalue weighted by atomic mass is 16.3. The second-order valence-corrected chi connectivity index (χ2v) is 6.62. The topological polar surface area (TPSA) is 86.0 Å². The van der Waals surface area contributed by atoms with Crippen molar-refractivity contribution in [1.82, 2.24) is 19.8 Å². The van der Waals surface area contributed by atoms with E-state index in [1.807, 2.05) is 6.07 Å². The second-order valence-electron chi connectivity index (χ2n) is 6.62. The maximum Gasteiger partial charge on any atom is 0.289 e. The lowest BCUT2D eigenvalue weighted by molar-refractivity contribution is -0.118. The average Bonchev–Trinajstić information content (AvgIpc) is 3.28. The first-order chi connectivity index (χ1) is 13.2. The number of nitrogens with zero attached hydrogens (tertiary/aromatic N) is 6. The third-order valence-electron chi connectivity index (χ3n) is 5.05. The van der Waals surface area contributed by atoms with Crippen LogP contribution in [-0.2, 0) is 4.79 Å². The summed E-state index contributed by atoms with van der Waals surface area (Å²) in [5.41, 5.74) is 0. The molecule has 9 heteroatoms. The van der Waals surface area contributed by atoms with Gasteiger partial charge in [0.25, 0.3) is 5.91 Å². The van der Waals surface area contributed by atoms with Gasteiger partial charge in [-0.25, -0.2) is 9.97 Å². The minimum absolute atomic E-state index is 0.0731. The Bertz CT molecular complexity index is 780. The van der Waals surface area contributed by atoms with Crippen LogP contribution in [0, 0.1) is 0 Å². The molecule has 4 heterocycles. The standard InChI is InChI=1S/C18H22N6O3/c25-14-21-3-5-22(6-4-21)16-12-17(20-13-19-16)23-7-9-24(10-8-23)18(26)15-2-1-11-27-15/h1-2,11-14H,3-10H2. The summed E-state index contributed by atoms with van der Waals surface area (Å²) < 4.78 is 5.20. The van der Waals surface area contributed by atoms with Crippen LogP contribution in [0.5, 0.6) is 0 Å². The average molecular weight is 370 g/mol. The Morgan fingerprint density at radius 2 is 1.59 bits per heavy atom. The molecule has 0 radical (unpaired) electrons. The van der Waals surface area contributed by atoms with Crippen LogP contribution < -0.4 is 9.80 Å². The molecule has 0 bridgehead atoms.